The molecule has 0 fully saturated rings. The Morgan fingerprint density at radius 2 is 1.02 bits per heavy atom. The van der Waals surface area contributed by atoms with Crippen molar-refractivity contribution in [3.63, 3.8) is 0 Å². The number of hydrogen-bond donors (Lipinski definition) is 20. The SMILES string of the molecule is CC[C@H](C)[C@H](N)C(=O)N[C@@H](CO)C(=O)N[C@@H](CCC(=O)O)C(=O)N[C@H](C(=O)N[C@@H](CC(N)=O)C(=O)N[C@@H](CC(C)C)C(=O)N[C@H](C(=O)N[C@@H](C)C(=O)N[C@@H](CCC(=O)O)C(=O)N[C@@H](Cc1ccccc1)C(=O)N[C@@H](CCCN=C(N)N)C(=O)N[C@@H](Cc1cnc[nH]1)C(N)=O)C(C)(C)C)C(C)C. The van der Waals surface area contributed by atoms with Gasteiger partial charge in [-0.2, -0.15) is 0 Å². The van der Waals surface area contributed by atoms with Crippen molar-refractivity contribution in [1.29, 1.82) is 0 Å². The minimum atomic E-state index is -1.83. The van der Waals surface area contributed by atoms with Gasteiger partial charge in [-0.3, -0.25) is 76.9 Å². The molecule has 37 heteroatoms. The van der Waals surface area contributed by atoms with E-state index < -0.39 is 211 Å². The van der Waals surface area contributed by atoms with Crippen LogP contribution >= 0.6 is 0 Å². The number of guanidine groups is 1. The molecule has 2 rings (SSSR count). The number of imidazole rings is 1. The number of aromatic amines is 1. The number of aliphatic hydroxyl groups excluding tert-OH is 1. The van der Waals surface area contributed by atoms with Crippen LogP contribution in [0.5, 0.6) is 0 Å². The molecule has 13 amide bonds. The van der Waals surface area contributed by atoms with Crippen LogP contribution in [0, 0.1) is 23.2 Å². The standard InChI is InChI=1S/C64H103N19O18/c1-11-33(6)48(66)60(99)81-44(29-84)59(98)76-39(20-22-47(88)89)55(94)82-49(32(4)5)61(100)80-43(27-45(65)85)57(96)78-41(24-31(2)3)58(97)83-50(64(8,9)10)62(101)73-34(7)52(91)74-38(19-21-46(86)87)54(93)79-42(25-35-16-13-12-14-17-35)56(95)75-37(18-15-23-71-63(68)69)53(92)77-40(51(67)90)26-36-28-70-30-72-36/h12-14,16-17,28,30-34,37-44,48-50,84H,11,15,18-27,29,66H2,1-10H3,(H2,65,85)(H2,67,90)(H,70,72)(H,73,101)(H,74,91)(H,75,95)(H,76,98)(H,77,92)(H,78,96)(H,79,93)(H,80,100)(H,81,99)(H,82,94)(H,83,97)(H,86,87)(H,88,89)(H4,68,69,71)/t33-,34-,37-,38-,39-,40-,41-,42-,43-,44-,48-,49-,50+/m0/s1. The Morgan fingerprint density at radius 1 is 0.545 bits per heavy atom. The summed E-state index contributed by atoms with van der Waals surface area (Å²) >= 11 is 0. The van der Waals surface area contributed by atoms with Crippen LogP contribution in [0.2, 0.25) is 0 Å². The van der Waals surface area contributed by atoms with E-state index in [1.165, 1.54) is 33.3 Å². The molecule has 0 saturated carbocycles. The van der Waals surface area contributed by atoms with Crippen LogP contribution in [0.3, 0.4) is 0 Å². The van der Waals surface area contributed by atoms with Gasteiger partial charge in [-0.05, 0) is 67.8 Å². The zero-order valence-electron chi connectivity index (χ0n) is 58.6. The highest BCUT2D eigenvalue weighted by atomic mass is 16.4. The third-order valence-corrected chi connectivity index (χ3v) is 15.9. The maximum atomic E-state index is 14.4. The number of aliphatic imine (C=N–C) groups is 1. The van der Waals surface area contributed by atoms with E-state index in [1.807, 2.05) is 0 Å². The number of nitrogens with one attached hydrogen (secondary N) is 12. The molecule has 0 aliphatic rings. The molecule has 2 aromatic rings. The topological polar surface area (TPSA) is 620 Å². The molecule has 562 valence electrons. The molecular weight excluding hydrogens is 1320 g/mol. The van der Waals surface area contributed by atoms with Crippen LogP contribution in [0.15, 0.2) is 47.8 Å². The number of carboxylic acid groups (broad SMARTS) is 2. The minimum absolute atomic E-state index is 0.0142. The number of carboxylic acids is 2. The number of nitrogens with zero attached hydrogens (tertiary/aromatic N) is 2. The summed E-state index contributed by atoms with van der Waals surface area (Å²) in [6, 6.07) is -10.0. The van der Waals surface area contributed by atoms with Gasteiger partial charge in [0.2, 0.25) is 76.8 Å². The lowest BCUT2D eigenvalue weighted by atomic mass is 9.85. The molecule has 0 radical (unpaired) electrons. The van der Waals surface area contributed by atoms with Gasteiger partial charge in [0.15, 0.2) is 5.96 Å². The molecule has 1 heterocycles. The Balaban J connectivity index is 2.44. The Bertz CT molecular complexity index is 3200. The number of hydrogen-bond acceptors (Lipinski definition) is 19. The number of primary amides is 2. The van der Waals surface area contributed by atoms with Gasteiger partial charge in [0, 0.05) is 44.1 Å². The van der Waals surface area contributed by atoms with E-state index in [-0.39, 0.29) is 56.4 Å². The van der Waals surface area contributed by atoms with Crippen LogP contribution in [0.25, 0.3) is 0 Å². The Hall–Kier alpha value is -10.3. The fraction of sp³-hybridized carbons (Fsp3) is 0.609. The number of carbonyl (C=O) groups is 15. The van der Waals surface area contributed by atoms with E-state index in [1.54, 1.807) is 78.8 Å². The van der Waals surface area contributed by atoms with Crippen molar-refractivity contribution in [1.82, 2.24) is 68.5 Å². The number of nitrogens with two attached hydrogens (primary N) is 5. The van der Waals surface area contributed by atoms with E-state index in [9.17, 15) is 87.2 Å². The van der Waals surface area contributed by atoms with Crippen LogP contribution in [0.1, 0.15) is 138 Å². The van der Waals surface area contributed by atoms with Gasteiger partial charge < -0.3 is 107 Å². The summed E-state index contributed by atoms with van der Waals surface area (Å²) in [5.41, 5.74) is 27.9. The van der Waals surface area contributed by atoms with Crippen LogP contribution in [-0.2, 0) is 84.8 Å². The number of aromatic nitrogens is 2. The zero-order valence-corrected chi connectivity index (χ0v) is 58.6. The molecule has 0 bridgehead atoms. The van der Waals surface area contributed by atoms with Crippen molar-refractivity contribution < 1.29 is 87.2 Å². The van der Waals surface area contributed by atoms with E-state index >= 15 is 0 Å². The number of benzene rings is 1. The summed E-state index contributed by atoms with van der Waals surface area (Å²) in [5.74, 6) is -17.6. The summed E-state index contributed by atoms with van der Waals surface area (Å²) in [7, 11) is 0. The first-order chi connectivity index (χ1) is 47.2. The van der Waals surface area contributed by atoms with E-state index in [0.717, 1.165) is 0 Å². The van der Waals surface area contributed by atoms with Crippen molar-refractivity contribution in [2.24, 2.45) is 56.8 Å². The fourth-order valence-corrected chi connectivity index (χ4v) is 9.82. The lowest BCUT2D eigenvalue weighted by Crippen LogP contribution is -2.62. The largest absolute Gasteiger partial charge is 0.481 e. The van der Waals surface area contributed by atoms with Gasteiger partial charge in [0.05, 0.1) is 25.4 Å². The monoisotopic (exact) mass is 1430 g/mol. The molecule has 1 aromatic heterocycles. The summed E-state index contributed by atoms with van der Waals surface area (Å²) in [6.45, 7) is 14.7. The van der Waals surface area contributed by atoms with Gasteiger partial charge in [-0.15, -0.1) is 0 Å². The minimum Gasteiger partial charge on any atom is -0.481 e. The predicted octanol–water partition coefficient (Wildman–Crippen LogP) is -5.19. The summed E-state index contributed by atoms with van der Waals surface area (Å²) < 4.78 is 0. The number of H-pyrrole nitrogens is 1. The van der Waals surface area contributed by atoms with Gasteiger partial charge >= 0.3 is 11.9 Å². The van der Waals surface area contributed by atoms with Gasteiger partial charge in [0.25, 0.3) is 0 Å². The van der Waals surface area contributed by atoms with Gasteiger partial charge in [-0.1, -0.05) is 99.1 Å². The fourth-order valence-electron chi connectivity index (χ4n) is 9.82. The lowest BCUT2D eigenvalue weighted by Gasteiger charge is -2.33. The molecule has 0 unspecified atom stereocenters. The van der Waals surface area contributed by atoms with Crippen LogP contribution in [0.4, 0.5) is 0 Å². The van der Waals surface area contributed by atoms with Crippen molar-refractivity contribution >= 4 is 94.7 Å². The predicted molar refractivity (Wildman–Crippen MR) is 364 cm³/mol. The highest BCUT2D eigenvalue weighted by molar-refractivity contribution is 6.00. The molecule has 37 nitrogen and oxygen atoms in total. The quantitative estimate of drug-likeness (QED) is 0.0167. The van der Waals surface area contributed by atoms with E-state index in [4.69, 9.17) is 28.7 Å². The van der Waals surface area contributed by atoms with Crippen LogP contribution in [-0.4, -0.2) is 206 Å². The summed E-state index contributed by atoms with van der Waals surface area (Å²) in [4.78, 5) is 213. The smallest absolute Gasteiger partial charge is 0.303 e. The Morgan fingerprint density at radius 3 is 1.50 bits per heavy atom. The molecule has 101 heavy (non-hydrogen) atoms. The Labute approximate surface area is 584 Å². The van der Waals surface area contributed by atoms with Crippen molar-refractivity contribution in [2.75, 3.05) is 13.2 Å². The van der Waals surface area contributed by atoms with Gasteiger partial charge in [-0.25, -0.2) is 4.98 Å². The first kappa shape index (κ1) is 86.8. The molecule has 1 aromatic carbocycles. The van der Waals surface area contributed by atoms with Crippen LogP contribution < -0.4 is 87.2 Å². The highest BCUT2D eigenvalue weighted by Crippen LogP contribution is 2.21. The third kappa shape index (κ3) is 31.6. The number of aliphatic carboxylic acids is 2. The molecular formula is C64H103N19O18. The number of carbonyl (C=O) groups excluding carboxylic acids is 13. The maximum absolute atomic E-state index is 14.4. The van der Waals surface area contributed by atoms with Gasteiger partial charge in [0.1, 0.15) is 66.5 Å². The van der Waals surface area contributed by atoms with Crippen molar-refractivity contribution in [3.8, 4) is 0 Å². The third-order valence-electron chi connectivity index (χ3n) is 15.9. The van der Waals surface area contributed by atoms with E-state index in [2.05, 4.69) is 73.4 Å². The average Bonchev–Trinajstić information content (AvgIpc) is 0.949. The number of aliphatic hydroxyl groups is 1. The average molecular weight is 1430 g/mol. The number of amides is 13. The second-order valence-electron chi connectivity index (χ2n) is 26.3. The molecule has 0 spiro atoms. The van der Waals surface area contributed by atoms with Crippen molar-refractivity contribution in [3.05, 3.63) is 54.1 Å². The lowest BCUT2D eigenvalue weighted by molar-refractivity contribution is -0.139. The first-order valence-electron chi connectivity index (χ1n) is 33.0. The zero-order chi connectivity index (χ0) is 76.6. The highest BCUT2D eigenvalue weighted by Gasteiger charge is 2.40. The summed E-state index contributed by atoms with van der Waals surface area (Å²) in [6.07, 6.45) is -0.519. The molecule has 0 aliphatic carbocycles. The molecule has 0 aliphatic heterocycles. The maximum Gasteiger partial charge on any atom is 0.303 e. The second-order valence-corrected chi connectivity index (χ2v) is 26.3. The second kappa shape index (κ2) is 42.6. The Kier molecular flexibility index (Phi) is 36.6. The molecule has 0 saturated heterocycles. The number of rotatable bonds is 45. The van der Waals surface area contributed by atoms with E-state index in [0.29, 0.717) is 17.7 Å². The van der Waals surface area contributed by atoms with Crippen molar-refractivity contribution in [2.45, 2.75) is 212 Å². The normalized spacial score (nSPS) is 15.1. The first-order valence-corrected chi connectivity index (χ1v) is 33.0. The summed E-state index contributed by atoms with van der Waals surface area (Å²) in [5, 5.41) is 56.3. The molecule has 13 atom stereocenters. The molecule has 25 N–H and O–H groups in total.